The zero-order chi connectivity index (χ0) is 17.7. The smallest absolute Gasteiger partial charge is 0.240 e. The Labute approximate surface area is 173 Å². The summed E-state index contributed by atoms with van der Waals surface area (Å²) in [6, 6.07) is 7.63. The summed E-state index contributed by atoms with van der Waals surface area (Å²) < 4.78 is 27.1. The van der Waals surface area contributed by atoms with E-state index in [-0.39, 0.29) is 30.0 Å². The van der Waals surface area contributed by atoms with Crippen molar-refractivity contribution >= 4 is 40.0 Å². The summed E-state index contributed by atoms with van der Waals surface area (Å²) in [5.41, 5.74) is 0.994. The molecular weight excluding hydrogens is 463 g/mol. The Kier molecular flexibility index (Phi) is 8.15. The second kappa shape index (κ2) is 9.89. The maximum Gasteiger partial charge on any atom is 0.240 e. The van der Waals surface area contributed by atoms with E-state index in [0.29, 0.717) is 17.5 Å². The Morgan fingerprint density at radius 3 is 2.31 bits per heavy atom. The molecule has 146 valence electrons. The lowest BCUT2D eigenvalue weighted by Crippen LogP contribution is -2.42. The van der Waals surface area contributed by atoms with Gasteiger partial charge < -0.3 is 10.6 Å². The lowest BCUT2D eigenvalue weighted by molar-refractivity contribution is 0.581. The van der Waals surface area contributed by atoms with E-state index in [9.17, 15) is 8.42 Å². The third-order valence-electron chi connectivity index (χ3n) is 4.59. The van der Waals surface area contributed by atoms with Crippen molar-refractivity contribution in [3.05, 3.63) is 29.8 Å². The molecule has 2 saturated carbocycles. The van der Waals surface area contributed by atoms with E-state index in [1.807, 2.05) is 12.1 Å². The predicted molar refractivity (Wildman–Crippen MR) is 115 cm³/mol. The van der Waals surface area contributed by atoms with Crippen LogP contribution in [0.1, 0.15) is 51.0 Å². The van der Waals surface area contributed by atoms with Gasteiger partial charge in [-0.15, -0.1) is 24.0 Å². The number of rotatable bonds is 7. The van der Waals surface area contributed by atoms with Crippen molar-refractivity contribution in [1.82, 2.24) is 15.4 Å². The fourth-order valence-electron chi connectivity index (χ4n) is 3.02. The number of halogens is 1. The lowest BCUT2D eigenvalue weighted by Gasteiger charge is -2.16. The quantitative estimate of drug-likeness (QED) is 0.311. The number of hydrogen-bond acceptors (Lipinski definition) is 3. The third kappa shape index (κ3) is 6.38. The van der Waals surface area contributed by atoms with Crippen molar-refractivity contribution in [3.8, 4) is 0 Å². The van der Waals surface area contributed by atoms with Crippen LogP contribution in [0.25, 0.3) is 0 Å². The van der Waals surface area contributed by atoms with Crippen LogP contribution < -0.4 is 15.4 Å². The van der Waals surface area contributed by atoms with Crippen LogP contribution in [0.5, 0.6) is 0 Å². The first-order chi connectivity index (χ1) is 12.1. The molecule has 0 radical (unpaired) electrons. The number of hydrogen-bond donors (Lipinski definition) is 3. The number of sulfonamides is 1. The molecule has 2 aliphatic rings. The minimum atomic E-state index is -3.38. The molecule has 0 atom stereocenters. The van der Waals surface area contributed by atoms with E-state index >= 15 is 0 Å². The average molecular weight is 492 g/mol. The first-order valence-corrected chi connectivity index (χ1v) is 10.7. The first-order valence-electron chi connectivity index (χ1n) is 9.23. The van der Waals surface area contributed by atoms with Crippen LogP contribution in [0.2, 0.25) is 0 Å². The molecule has 2 fully saturated rings. The van der Waals surface area contributed by atoms with E-state index in [1.165, 1.54) is 25.7 Å². The van der Waals surface area contributed by atoms with Crippen LogP contribution in [0.15, 0.2) is 34.2 Å². The van der Waals surface area contributed by atoms with Gasteiger partial charge in [0.25, 0.3) is 0 Å². The van der Waals surface area contributed by atoms with E-state index in [4.69, 9.17) is 0 Å². The lowest BCUT2D eigenvalue weighted by atomic mass is 10.2. The zero-order valence-corrected chi connectivity index (χ0v) is 18.3. The fraction of sp³-hybridized carbons (Fsp3) is 0.611. The normalized spacial score (nSPS) is 18.4. The monoisotopic (exact) mass is 492 g/mol. The summed E-state index contributed by atoms with van der Waals surface area (Å²) in [6.45, 7) is 3.40. The average Bonchev–Trinajstić information content (AvgIpc) is 3.24. The van der Waals surface area contributed by atoms with Crippen molar-refractivity contribution < 1.29 is 8.42 Å². The minimum absolute atomic E-state index is 0. The molecule has 0 saturated heterocycles. The van der Waals surface area contributed by atoms with Gasteiger partial charge in [-0.3, -0.25) is 0 Å². The molecule has 3 N–H and O–H groups in total. The van der Waals surface area contributed by atoms with Crippen LogP contribution in [-0.4, -0.2) is 33.0 Å². The standard InChI is InChI=1S/C18H28N4O2S.HI/c1-2-19-18(21-15-5-3-4-6-15)20-13-14-7-11-17(12-8-14)25(23,24)22-16-9-10-16;/h7-8,11-12,15-16,22H,2-6,9-10,13H2,1H3,(H2,19,20,21);1H. The summed E-state index contributed by atoms with van der Waals surface area (Å²) in [5.74, 6) is 0.835. The van der Waals surface area contributed by atoms with Gasteiger partial charge in [-0.1, -0.05) is 25.0 Å². The molecule has 6 nitrogen and oxygen atoms in total. The van der Waals surface area contributed by atoms with Crippen LogP contribution >= 0.6 is 24.0 Å². The fourth-order valence-corrected chi connectivity index (χ4v) is 4.32. The van der Waals surface area contributed by atoms with Crippen molar-refractivity contribution in [1.29, 1.82) is 0 Å². The second-order valence-corrected chi connectivity index (χ2v) is 8.57. The summed E-state index contributed by atoms with van der Waals surface area (Å²) in [6.07, 6.45) is 6.83. The zero-order valence-electron chi connectivity index (χ0n) is 15.2. The van der Waals surface area contributed by atoms with Gasteiger partial charge in [0.2, 0.25) is 10.0 Å². The largest absolute Gasteiger partial charge is 0.357 e. The summed E-state index contributed by atoms with van der Waals surface area (Å²) in [5, 5.41) is 6.76. The Bertz CT molecular complexity index is 696. The minimum Gasteiger partial charge on any atom is -0.357 e. The summed E-state index contributed by atoms with van der Waals surface area (Å²) in [7, 11) is -3.38. The van der Waals surface area contributed by atoms with Gasteiger partial charge in [0.15, 0.2) is 5.96 Å². The Morgan fingerprint density at radius 2 is 1.73 bits per heavy atom. The Balaban J connectivity index is 0.00000243. The molecular formula is C18H29IN4O2S. The molecule has 3 rings (SSSR count). The molecule has 26 heavy (non-hydrogen) atoms. The van der Waals surface area contributed by atoms with Gasteiger partial charge in [0.05, 0.1) is 11.4 Å². The number of nitrogens with zero attached hydrogens (tertiary/aromatic N) is 1. The molecule has 8 heteroatoms. The third-order valence-corrected chi connectivity index (χ3v) is 6.13. The summed E-state index contributed by atoms with van der Waals surface area (Å²) >= 11 is 0. The van der Waals surface area contributed by atoms with E-state index in [2.05, 4.69) is 27.3 Å². The SMILES string of the molecule is CCNC(=NCc1ccc(S(=O)(=O)NC2CC2)cc1)NC1CCCC1.I. The summed E-state index contributed by atoms with van der Waals surface area (Å²) in [4.78, 5) is 4.95. The van der Waals surface area contributed by atoms with Crippen LogP contribution in [0, 0.1) is 0 Å². The number of aliphatic imine (C=N–C) groups is 1. The molecule has 1 aromatic rings. The molecule has 0 unspecified atom stereocenters. The van der Waals surface area contributed by atoms with E-state index in [1.54, 1.807) is 12.1 Å². The molecule has 0 amide bonds. The van der Waals surface area contributed by atoms with Gasteiger partial charge in [0, 0.05) is 18.6 Å². The first kappa shape index (κ1) is 21.4. The van der Waals surface area contributed by atoms with Crippen molar-refractivity contribution in [2.45, 2.75) is 69.0 Å². The van der Waals surface area contributed by atoms with Gasteiger partial charge >= 0.3 is 0 Å². The second-order valence-electron chi connectivity index (χ2n) is 6.86. The van der Waals surface area contributed by atoms with Gasteiger partial charge in [0.1, 0.15) is 0 Å². The van der Waals surface area contributed by atoms with Crippen LogP contribution in [-0.2, 0) is 16.6 Å². The van der Waals surface area contributed by atoms with Gasteiger partial charge in [-0.05, 0) is 50.3 Å². The number of nitrogens with one attached hydrogen (secondary N) is 3. The Morgan fingerprint density at radius 1 is 1.08 bits per heavy atom. The molecule has 1 aromatic carbocycles. The molecule has 0 aromatic heterocycles. The topological polar surface area (TPSA) is 82.6 Å². The maximum absolute atomic E-state index is 12.2. The van der Waals surface area contributed by atoms with Crippen LogP contribution in [0.4, 0.5) is 0 Å². The van der Waals surface area contributed by atoms with Crippen LogP contribution in [0.3, 0.4) is 0 Å². The van der Waals surface area contributed by atoms with Crippen molar-refractivity contribution in [3.63, 3.8) is 0 Å². The number of guanidine groups is 1. The Hall–Kier alpha value is -0.870. The van der Waals surface area contributed by atoms with Gasteiger partial charge in [-0.2, -0.15) is 0 Å². The van der Waals surface area contributed by atoms with Crippen molar-refractivity contribution in [2.24, 2.45) is 4.99 Å². The highest BCUT2D eigenvalue weighted by Crippen LogP contribution is 2.22. The molecule has 0 heterocycles. The van der Waals surface area contributed by atoms with E-state index in [0.717, 1.165) is 30.9 Å². The molecule has 0 aliphatic heterocycles. The highest BCUT2D eigenvalue weighted by Gasteiger charge is 2.27. The molecule has 0 bridgehead atoms. The van der Waals surface area contributed by atoms with Gasteiger partial charge in [-0.25, -0.2) is 18.1 Å². The maximum atomic E-state index is 12.2. The number of benzene rings is 1. The highest BCUT2D eigenvalue weighted by molar-refractivity contribution is 14.0. The van der Waals surface area contributed by atoms with Crippen molar-refractivity contribution in [2.75, 3.05) is 6.54 Å². The molecule has 2 aliphatic carbocycles. The predicted octanol–water partition coefficient (Wildman–Crippen LogP) is 2.74. The van der Waals surface area contributed by atoms with E-state index < -0.39 is 10.0 Å². The molecule has 0 spiro atoms. The highest BCUT2D eigenvalue weighted by atomic mass is 127.